The van der Waals surface area contributed by atoms with Crippen molar-refractivity contribution >= 4 is 22.1 Å². The second kappa shape index (κ2) is 3.86. The van der Waals surface area contributed by atoms with Gasteiger partial charge in [0.05, 0.1) is 34.5 Å². The van der Waals surface area contributed by atoms with E-state index >= 15 is 0 Å². The van der Waals surface area contributed by atoms with Crippen LogP contribution in [0.4, 0.5) is 0 Å². The lowest BCUT2D eigenvalue weighted by Gasteiger charge is -2.02. The van der Waals surface area contributed by atoms with Crippen LogP contribution in [0, 0.1) is 0 Å². The van der Waals surface area contributed by atoms with E-state index in [9.17, 15) is 0 Å². The first-order valence-corrected chi connectivity index (χ1v) is 6.29. The van der Waals surface area contributed by atoms with Crippen molar-refractivity contribution in [2.75, 3.05) is 0 Å². The number of aryl methyl sites for hydroxylation is 2. The van der Waals surface area contributed by atoms with E-state index in [-0.39, 0.29) is 0 Å². The molecule has 0 aliphatic carbocycles. The zero-order chi connectivity index (χ0) is 13.7. The fraction of sp³-hybridized carbons (Fsp3) is 0.143. The maximum absolute atomic E-state index is 4.66. The Morgan fingerprint density at radius 3 is 1.60 bits per heavy atom. The number of hydrogen-bond acceptors (Lipinski definition) is 4. The van der Waals surface area contributed by atoms with Gasteiger partial charge in [0.1, 0.15) is 0 Å². The molecule has 0 N–H and O–H groups in total. The van der Waals surface area contributed by atoms with E-state index in [4.69, 9.17) is 0 Å². The first-order chi connectivity index (χ1) is 9.75. The summed E-state index contributed by atoms with van der Waals surface area (Å²) in [5.41, 5.74) is 3.82. The van der Waals surface area contributed by atoms with E-state index in [1.165, 1.54) is 0 Å². The highest BCUT2D eigenvalue weighted by atomic mass is 15.2. The Bertz CT molecular complexity index is 855. The van der Waals surface area contributed by atoms with Crippen molar-refractivity contribution in [3.63, 3.8) is 0 Å². The minimum atomic E-state index is 0.826. The molecule has 20 heavy (non-hydrogen) atoms. The molecular formula is C14H12N6. The van der Waals surface area contributed by atoms with Crippen LogP contribution in [0.1, 0.15) is 0 Å². The van der Waals surface area contributed by atoms with Crippen LogP contribution in [0.15, 0.2) is 36.9 Å². The number of nitrogens with zero attached hydrogens (tertiary/aromatic N) is 6. The number of rotatable bonds is 1. The minimum Gasteiger partial charge on any atom is -0.323 e. The third kappa shape index (κ3) is 1.38. The quantitative estimate of drug-likeness (QED) is 0.527. The summed E-state index contributed by atoms with van der Waals surface area (Å²) in [6.45, 7) is 0. The molecule has 0 saturated carbocycles. The molecule has 4 rings (SSSR count). The molecule has 4 heterocycles. The van der Waals surface area contributed by atoms with E-state index in [1.807, 2.05) is 47.8 Å². The van der Waals surface area contributed by atoms with E-state index < -0.39 is 0 Å². The number of imidazole rings is 2. The number of pyridine rings is 2. The van der Waals surface area contributed by atoms with Crippen LogP contribution < -0.4 is 0 Å². The van der Waals surface area contributed by atoms with Crippen molar-refractivity contribution in [2.45, 2.75) is 0 Å². The van der Waals surface area contributed by atoms with Gasteiger partial charge in [0.2, 0.25) is 0 Å². The van der Waals surface area contributed by atoms with Crippen molar-refractivity contribution in [1.29, 1.82) is 0 Å². The Balaban J connectivity index is 2.06. The van der Waals surface area contributed by atoms with E-state index in [0.717, 1.165) is 33.7 Å². The fourth-order valence-electron chi connectivity index (χ4n) is 2.47. The van der Waals surface area contributed by atoms with Gasteiger partial charge in [-0.25, -0.2) is 9.97 Å². The summed E-state index contributed by atoms with van der Waals surface area (Å²) in [6, 6.07) is 3.81. The van der Waals surface area contributed by atoms with Crippen molar-refractivity contribution in [3.05, 3.63) is 36.9 Å². The molecule has 4 aromatic rings. The maximum atomic E-state index is 4.66. The molecule has 0 amide bonds. The third-order valence-corrected chi connectivity index (χ3v) is 3.57. The van der Waals surface area contributed by atoms with Crippen LogP contribution in [0.25, 0.3) is 33.7 Å². The molecule has 6 heteroatoms. The standard InChI is InChI=1S/C14H12N6/c1-19-11-7-15-5-3-9(11)17-13(19)14-18-10-4-6-16-8-12(10)20(14)2/h3-8H,1-2H3. The molecule has 6 nitrogen and oxygen atoms in total. The van der Waals surface area contributed by atoms with Crippen LogP contribution in [0.5, 0.6) is 0 Å². The molecule has 0 aliphatic rings. The highest BCUT2D eigenvalue weighted by Gasteiger charge is 2.16. The fourth-order valence-corrected chi connectivity index (χ4v) is 2.47. The molecule has 0 unspecified atom stereocenters. The molecule has 0 atom stereocenters. The second-order valence-corrected chi connectivity index (χ2v) is 4.72. The number of hydrogen-bond donors (Lipinski definition) is 0. The van der Waals surface area contributed by atoms with Gasteiger partial charge in [-0.2, -0.15) is 0 Å². The summed E-state index contributed by atoms with van der Waals surface area (Å²) in [4.78, 5) is 17.6. The minimum absolute atomic E-state index is 0.826. The van der Waals surface area contributed by atoms with Crippen molar-refractivity contribution in [3.8, 4) is 11.6 Å². The lowest BCUT2D eigenvalue weighted by Crippen LogP contribution is -1.99. The Morgan fingerprint density at radius 1 is 0.750 bits per heavy atom. The molecule has 0 aromatic carbocycles. The first kappa shape index (κ1) is 11.1. The van der Waals surface area contributed by atoms with Crippen LogP contribution in [-0.2, 0) is 14.1 Å². The molecule has 0 fully saturated rings. The average molecular weight is 264 g/mol. The normalized spacial score (nSPS) is 11.5. The molecule has 0 aliphatic heterocycles. The van der Waals surface area contributed by atoms with Gasteiger partial charge in [-0.3, -0.25) is 9.97 Å². The largest absolute Gasteiger partial charge is 0.323 e. The van der Waals surface area contributed by atoms with Crippen LogP contribution in [0.2, 0.25) is 0 Å². The summed E-state index contributed by atoms with van der Waals surface area (Å²) < 4.78 is 4.02. The molecule has 0 bridgehead atoms. The van der Waals surface area contributed by atoms with Gasteiger partial charge in [0.15, 0.2) is 11.6 Å². The summed E-state index contributed by atoms with van der Waals surface area (Å²) >= 11 is 0. The SMILES string of the molecule is Cn1c(-c2nc3ccncc3n2C)nc2ccncc21. The van der Waals surface area contributed by atoms with Crippen LogP contribution in [0.3, 0.4) is 0 Å². The molecule has 0 spiro atoms. The van der Waals surface area contributed by atoms with Gasteiger partial charge in [-0.05, 0) is 12.1 Å². The van der Waals surface area contributed by atoms with E-state index in [1.54, 1.807) is 12.4 Å². The van der Waals surface area contributed by atoms with Crippen molar-refractivity contribution in [1.82, 2.24) is 29.1 Å². The second-order valence-electron chi connectivity index (χ2n) is 4.72. The van der Waals surface area contributed by atoms with Gasteiger partial charge in [0.25, 0.3) is 0 Å². The van der Waals surface area contributed by atoms with Gasteiger partial charge in [0, 0.05) is 26.5 Å². The lowest BCUT2D eigenvalue weighted by molar-refractivity contribution is 0.888. The van der Waals surface area contributed by atoms with Crippen molar-refractivity contribution < 1.29 is 0 Å². The molecule has 98 valence electrons. The number of aromatic nitrogens is 6. The summed E-state index contributed by atoms with van der Waals surface area (Å²) in [6.07, 6.45) is 7.13. The van der Waals surface area contributed by atoms with Crippen LogP contribution >= 0.6 is 0 Å². The Kier molecular flexibility index (Phi) is 2.14. The molecular weight excluding hydrogens is 252 g/mol. The zero-order valence-corrected chi connectivity index (χ0v) is 11.1. The van der Waals surface area contributed by atoms with Gasteiger partial charge >= 0.3 is 0 Å². The molecule has 4 aromatic heterocycles. The van der Waals surface area contributed by atoms with Gasteiger partial charge in [-0.1, -0.05) is 0 Å². The topological polar surface area (TPSA) is 61.4 Å². The predicted octanol–water partition coefficient (Wildman–Crippen LogP) is 1.92. The summed E-state index contributed by atoms with van der Waals surface area (Å²) in [7, 11) is 3.95. The Morgan fingerprint density at radius 2 is 1.20 bits per heavy atom. The predicted molar refractivity (Wildman–Crippen MR) is 76.0 cm³/mol. The average Bonchev–Trinajstić information content (AvgIpc) is 2.98. The maximum Gasteiger partial charge on any atom is 0.177 e. The third-order valence-electron chi connectivity index (χ3n) is 3.57. The summed E-state index contributed by atoms with van der Waals surface area (Å²) in [5.74, 6) is 1.65. The van der Waals surface area contributed by atoms with Crippen LogP contribution in [-0.4, -0.2) is 29.1 Å². The van der Waals surface area contributed by atoms with Gasteiger partial charge < -0.3 is 9.13 Å². The lowest BCUT2D eigenvalue weighted by atomic mass is 10.4. The molecule has 0 radical (unpaired) electrons. The Hall–Kier alpha value is -2.76. The van der Waals surface area contributed by atoms with E-state index in [2.05, 4.69) is 19.9 Å². The zero-order valence-electron chi connectivity index (χ0n) is 11.1. The van der Waals surface area contributed by atoms with Gasteiger partial charge in [-0.15, -0.1) is 0 Å². The smallest absolute Gasteiger partial charge is 0.177 e. The highest BCUT2D eigenvalue weighted by Crippen LogP contribution is 2.25. The molecule has 0 saturated heterocycles. The highest BCUT2D eigenvalue weighted by molar-refractivity contribution is 5.82. The van der Waals surface area contributed by atoms with Crippen molar-refractivity contribution in [2.24, 2.45) is 14.1 Å². The Labute approximate surface area is 114 Å². The first-order valence-electron chi connectivity index (χ1n) is 6.29. The monoisotopic (exact) mass is 264 g/mol. The number of fused-ring (bicyclic) bond motifs is 2. The van der Waals surface area contributed by atoms with E-state index in [0.29, 0.717) is 0 Å². The summed E-state index contributed by atoms with van der Waals surface area (Å²) in [5, 5.41) is 0.